The minimum atomic E-state index is -0.169. The Hall–Kier alpha value is -0.870. The van der Waals surface area contributed by atoms with Gasteiger partial charge in [-0.2, -0.15) is 0 Å². The third-order valence-corrected chi connectivity index (χ3v) is 4.46. The van der Waals surface area contributed by atoms with Crippen molar-refractivity contribution in [2.75, 3.05) is 0 Å². The number of aliphatic hydroxyl groups is 1. The Balaban J connectivity index is 1.85. The number of nitrogens with one attached hydrogen (secondary N) is 1. The van der Waals surface area contributed by atoms with E-state index in [4.69, 9.17) is 0 Å². The summed E-state index contributed by atoms with van der Waals surface area (Å²) in [6.45, 7) is 1.94. The molecule has 0 bridgehead atoms. The molecule has 1 fully saturated rings. The minimum absolute atomic E-state index is 0.0677. The Morgan fingerprint density at radius 2 is 2.18 bits per heavy atom. The van der Waals surface area contributed by atoms with Crippen molar-refractivity contribution in [2.24, 2.45) is 0 Å². The molecule has 0 saturated heterocycles. The molecule has 1 aliphatic carbocycles. The van der Waals surface area contributed by atoms with Crippen LogP contribution in [0, 0.1) is 0 Å². The topological polar surface area (TPSA) is 49.3 Å². The van der Waals surface area contributed by atoms with E-state index in [9.17, 15) is 9.90 Å². The zero-order chi connectivity index (χ0) is 12.3. The maximum Gasteiger partial charge on any atom is 0.228 e. The van der Waals surface area contributed by atoms with E-state index < -0.39 is 0 Å². The SMILES string of the molecule is CC(C(=O)NC1CCC(O)CC1)c1cccs1. The van der Waals surface area contributed by atoms with Crippen molar-refractivity contribution in [2.45, 2.75) is 50.7 Å². The van der Waals surface area contributed by atoms with Gasteiger partial charge in [0, 0.05) is 10.9 Å². The molecule has 1 aliphatic rings. The number of hydrogen-bond donors (Lipinski definition) is 2. The molecule has 94 valence electrons. The summed E-state index contributed by atoms with van der Waals surface area (Å²) in [6.07, 6.45) is 3.23. The van der Waals surface area contributed by atoms with Crippen molar-refractivity contribution in [1.82, 2.24) is 5.32 Å². The molecule has 0 aromatic carbocycles. The first-order valence-electron chi connectivity index (χ1n) is 6.18. The van der Waals surface area contributed by atoms with Crippen LogP contribution in [0.1, 0.15) is 43.4 Å². The lowest BCUT2D eigenvalue weighted by atomic mass is 9.92. The van der Waals surface area contributed by atoms with E-state index >= 15 is 0 Å². The number of carbonyl (C=O) groups excluding carboxylic acids is 1. The van der Waals surface area contributed by atoms with Gasteiger partial charge in [0.05, 0.1) is 12.0 Å². The van der Waals surface area contributed by atoms with Crippen molar-refractivity contribution < 1.29 is 9.90 Å². The molecule has 1 atom stereocenters. The highest BCUT2D eigenvalue weighted by atomic mass is 32.1. The largest absolute Gasteiger partial charge is 0.393 e. The van der Waals surface area contributed by atoms with E-state index in [1.165, 1.54) is 0 Å². The van der Waals surface area contributed by atoms with E-state index in [0.717, 1.165) is 30.6 Å². The van der Waals surface area contributed by atoms with Crippen LogP contribution < -0.4 is 5.32 Å². The first-order chi connectivity index (χ1) is 8.16. The summed E-state index contributed by atoms with van der Waals surface area (Å²) in [5, 5.41) is 14.5. The molecule has 1 aromatic heterocycles. The van der Waals surface area contributed by atoms with Gasteiger partial charge in [-0.15, -0.1) is 11.3 Å². The normalized spacial score (nSPS) is 26.5. The van der Waals surface area contributed by atoms with Gasteiger partial charge in [-0.25, -0.2) is 0 Å². The monoisotopic (exact) mass is 253 g/mol. The summed E-state index contributed by atoms with van der Waals surface area (Å²) in [7, 11) is 0. The molecule has 1 amide bonds. The fourth-order valence-corrected chi connectivity index (χ4v) is 3.00. The van der Waals surface area contributed by atoms with Gasteiger partial charge in [0.1, 0.15) is 0 Å². The number of rotatable bonds is 3. The van der Waals surface area contributed by atoms with Crippen LogP contribution in [0.4, 0.5) is 0 Å². The van der Waals surface area contributed by atoms with E-state index in [1.807, 2.05) is 24.4 Å². The second kappa shape index (κ2) is 5.65. The number of hydrogen-bond acceptors (Lipinski definition) is 3. The maximum absolute atomic E-state index is 12.0. The van der Waals surface area contributed by atoms with Gasteiger partial charge in [-0.1, -0.05) is 6.07 Å². The Morgan fingerprint density at radius 3 is 2.76 bits per heavy atom. The molecule has 1 saturated carbocycles. The van der Waals surface area contributed by atoms with Gasteiger partial charge in [0.25, 0.3) is 0 Å². The number of carbonyl (C=O) groups is 1. The molecule has 0 aliphatic heterocycles. The van der Waals surface area contributed by atoms with E-state index in [2.05, 4.69) is 5.32 Å². The van der Waals surface area contributed by atoms with Gasteiger partial charge in [0.2, 0.25) is 5.91 Å². The van der Waals surface area contributed by atoms with Crippen molar-refractivity contribution in [3.8, 4) is 0 Å². The third-order valence-electron chi connectivity index (χ3n) is 3.41. The zero-order valence-corrected chi connectivity index (χ0v) is 10.9. The van der Waals surface area contributed by atoms with Crippen molar-refractivity contribution in [3.63, 3.8) is 0 Å². The van der Waals surface area contributed by atoms with Crippen molar-refractivity contribution in [1.29, 1.82) is 0 Å². The van der Waals surface area contributed by atoms with Crippen molar-refractivity contribution >= 4 is 17.2 Å². The molecule has 2 N–H and O–H groups in total. The number of thiophene rings is 1. The second-order valence-electron chi connectivity index (χ2n) is 4.75. The molecule has 1 heterocycles. The van der Waals surface area contributed by atoms with Gasteiger partial charge >= 0.3 is 0 Å². The fraction of sp³-hybridized carbons (Fsp3) is 0.615. The highest BCUT2D eigenvalue weighted by Crippen LogP contribution is 2.23. The van der Waals surface area contributed by atoms with Gasteiger partial charge in [-0.3, -0.25) is 4.79 Å². The summed E-state index contributed by atoms with van der Waals surface area (Å²) in [5.74, 6) is 0.0377. The summed E-state index contributed by atoms with van der Waals surface area (Å²) in [6, 6.07) is 4.22. The molecule has 0 radical (unpaired) electrons. The van der Waals surface area contributed by atoms with Crippen LogP contribution in [0.25, 0.3) is 0 Å². The average Bonchev–Trinajstić information content (AvgIpc) is 2.84. The molecule has 1 aromatic rings. The molecule has 0 spiro atoms. The van der Waals surface area contributed by atoms with Crippen LogP contribution in [0.15, 0.2) is 17.5 Å². The van der Waals surface area contributed by atoms with Crippen LogP contribution in [0.2, 0.25) is 0 Å². The van der Waals surface area contributed by atoms with E-state index in [1.54, 1.807) is 11.3 Å². The van der Waals surface area contributed by atoms with Crippen LogP contribution in [0.3, 0.4) is 0 Å². The summed E-state index contributed by atoms with van der Waals surface area (Å²) in [4.78, 5) is 13.1. The molecule has 2 rings (SSSR count). The number of aliphatic hydroxyl groups excluding tert-OH is 1. The lowest BCUT2D eigenvalue weighted by Crippen LogP contribution is -2.40. The summed E-state index contributed by atoms with van der Waals surface area (Å²) in [5.41, 5.74) is 0. The third kappa shape index (κ3) is 3.30. The average molecular weight is 253 g/mol. The van der Waals surface area contributed by atoms with Gasteiger partial charge < -0.3 is 10.4 Å². The molecule has 3 nitrogen and oxygen atoms in total. The number of amides is 1. The molecule has 4 heteroatoms. The quantitative estimate of drug-likeness (QED) is 0.868. The first-order valence-corrected chi connectivity index (χ1v) is 7.06. The molecular formula is C13H19NO2S. The Kier molecular flexibility index (Phi) is 4.18. The summed E-state index contributed by atoms with van der Waals surface area (Å²) < 4.78 is 0. The van der Waals surface area contributed by atoms with Crippen LogP contribution in [-0.2, 0) is 4.79 Å². The van der Waals surface area contributed by atoms with Crippen LogP contribution in [0.5, 0.6) is 0 Å². The maximum atomic E-state index is 12.0. The lowest BCUT2D eigenvalue weighted by Gasteiger charge is -2.27. The standard InChI is InChI=1S/C13H19NO2S/c1-9(12-3-2-8-17-12)13(16)14-10-4-6-11(15)7-5-10/h2-3,8-11,15H,4-7H2,1H3,(H,14,16). The Labute approximate surface area is 106 Å². The highest BCUT2D eigenvalue weighted by Gasteiger charge is 2.23. The highest BCUT2D eigenvalue weighted by molar-refractivity contribution is 7.10. The summed E-state index contributed by atoms with van der Waals surface area (Å²) >= 11 is 1.62. The van der Waals surface area contributed by atoms with E-state index in [-0.39, 0.29) is 24.0 Å². The van der Waals surface area contributed by atoms with Gasteiger partial charge in [-0.05, 0) is 44.1 Å². The van der Waals surface area contributed by atoms with Crippen LogP contribution in [-0.4, -0.2) is 23.2 Å². The molecule has 17 heavy (non-hydrogen) atoms. The molecular weight excluding hydrogens is 234 g/mol. The van der Waals surface area contributed by atoms with Crippen LogP contribution >= 0.6 is 11.3 Å². The van der Waals surface area contributed by atoms with E-state index in [0.29, 0.717) is 0 Å². The Bertz CT molecular complexity index is 356. The zero-order valence-electron chi connectivity index (χ0n) is 10.1. The van der Waals surface area contributed by atoms with Gasteiger partial charge in [0.15, 0.2) is 0 Å². The first kappa shape index (κ1) is 12.6. The second-order valence-corrected chi connectivity index (χ2v) is 5.73. The fourth-order valence-electron chi connectivity index (χ4n) is 2.21. The smallest absolute Gasteiger partial charge is 0.228 e. The predicted molar refractivity (Wildman–Crippen MR) is 69.1 cm³/mol. The predicted octanol–water partition coefficient (Wildman–Crippen LogP) is 2.27. The van der Waals surface area contributed by atoms with Crippen molar-refractivity contribution in [3.05, 3.63) is 22.4 Å². The molecule has 1 unspecified atom stereocenters. The lowest BCUT2D eigenvalue weighted by molar-refractivity contribution is -0.123. The Morgan fingerprint density at radius 1 is 1.47 bits per heavy atom. The minimum Gasteiger partial charge on any atom is -0.393 e.